The number of phenolic OH excluding ortho intramolecular Hbond substituents is 4. The highest BCUT2D eigenvalue weighted by Gasteiger charge is 2.52. The van der Waals surface area contributed by atoms with Crippen molar-refractivity contribution in [3.05, 3.63) is 164 Å². The second kappa shape index (κ2) is 45.6. The van der Waals surface area contributed by atoms with Crippen LogP contribution < -0.4 is 87.9 Å². The number of nitrogens with one attached hydrogen (secondary N) is 11. The van der Waals surface area contributed by atoms with Crippen molar-refractivity contribution in [3.8, 4) is 80.1 Å². The van der Waals surface area contributed by atoms with E-state index in [2.05, 4.69) is 72.3 Å². The van der Waals surface area contributed by atoms with Crippen molar-refractivity contribution in [3.63, 3.8) is 0 Å². The first-order chi connectivity index (χ1) is 64.7. The Balaban J connectivity index is 1.02. The van der Waals surface area contributed by atoms with Crippen LogP contribution in [0.3, 0.4) is 0 Å². The Kier molecular flexibility index (Phi) is 33.9. The standard InChI is InChI=1S/C93H112Cl2N12O28/c1-43(2)14-9-7-5-6-8-10-15-66(113)102-75-78(116)80(118)83(91(127)128-4)135-92(75)134-82-63-36-48-37-64(82)131-60-25-20-47(34-55(60)94)76(114)74-90(126)106-72(85(121)100-31-13-30-99-29-12-28-98-27-11-26-96)53-38-49(109)39-62(132-93-81(119)79(117)77(115)65(42-108)133-93)67(53)52-33-45(18-23-57(52)110)70(87(123)107-74)103-88(124)71(48)104-89(125)73-54-40-51(41-59(112)68(54)95)130-61-35-46(19-24-58(61)111)69(97-3)86(122)101-56(84(120)105-73)32-44-16-21-50(129-63)22-17-44/h16-25,33-41,43,56,65,69-81,83,92-93,97-99,108-112,114-119H,5-15,26-32,42,96H2,1-4H3,(H,100,121)(H,101,122)(H,102,113)(H,103,124)(H,104,125)(H,105,120)(H,106,126)(H,107,123)/t56-,65-,69+,70-,71-,72-,73+,74+,75-,76-,77-,78-,79+,80+,81+,83+,92-,93+/m1/s1. The van der Waals surface area contributed by atoms with Gasteiger partial charge in [0.1, 0.15) is 131 Å². The fourth-order valence-electron chi connectivity index (χ4n) is 16.7. The van der Waals surface area contributed by atoms with Crippen molar-refractivity contribution in [1.29, 1.82) is 0 Å². The first kappa shape index (κ1) is 100. The van der Waals surface area contributed by atoms with Crippen LogP contribution in [0.15, 0.2) is 115 Å². The Morgan fingerprint density at radius 1 is 0.541 bits per heavy atom. The number of esters is 1. The normalized spacial score (nSPS) is 25.1. The Bertz CT molecular complexity index is 5470. The molecule has 8 aliphatic rings. The quantitative estimate of drug-likeness (QED) is 0.0235. The summed E-state index contributed by atoms with van der Waals surface area (Å²) in [5.41, 5.74) is 3.02. The molecule has 135 heavy (non-hydrogen) atoms. The van der Waals surface area contributed by atoms with Gasteiger partial charge in [-0.3, -0.25) is 38.4 Å². The minimum absolute atomic E-state index is 0.114. The van der Waals surface area contributed by atoms with E-state index in [1.165, 1.54) is 55.6 Å². The number of carbonyl (C=O) groups excluding carboxylic acids is 9. The topological polar surface area (TPSA) is 608 Å². The number of nitrogens with two attached hydrogens (primary N) is 1. The summed E-state index contributed by atoms with van der Waals surface area (Å²) in [4.78, 5) is 140. The molecule has 7 aromatic rings. The van der Waals surface area contributed by atoms with Crippen LogP contribution in [0.1, 0.15) is 160 Å². The number of hydrogen-bond acceptors (Lipinski definition) is 32. The number of likely N-dealkylation sites (N-methyl/N-ethyl adjacent to an activating group) is 1. The predicted molar refractivity (Wildman–Crippen MR) is 482 cm³/mol. The average molecular weight is 1920 g/mol. The summed E-state index contributed by atoms with van der Waals surface area (Å²) < 4.78 is 50.1. The highest BCUT2D eigenvalue weighted by molar-refractivity contribution is 6.33. The number of halogens is 2. The fourth-order valence-corrected chi connectivity index (χ4v) is 17.1. The molecule has 0 saturated carbocycles. The van der Waals surface area contributed by atoms with Crippen LogP contribution in [0.25, 0.3) is 11.1 Å². The Labute approximate surface area is 784 Å². The third-order valence-corrected chi connectivity index (χ3v) is 24.6. The highest BCUT2D eigenvalue weighted by atomic mass is 35.5. The van der Waals surface area contributed by atoms with E-state index in [9.17, 15) is 70.6 Å². The van der Waals surface area contributed by atoms with Gasteiger partial charge >= 0.3 is 5.97 Å². The first-order valence-corrected chi connectivity index (χ1v) is 45.3. The number of fused-ring (bicyclic) bond motifs is 14. The Hall–Kier alpha value is -12.0. The van der Waals surface area contributed by atoms with E-state index in [1.807, 2.05) is 0 Å². The maximum atomic E-state index is 16.9. The van der Waals surface area contributed by atoms with E-state index in [4.69, 9.17) is 66.8 Å². The van der Waals surface area contributed by atoms with Gasteiger partial charge in [-0.15, -0.1) is 0 Å². The number of rotatable bonds is 29. The number of aliphatic hydroxyl groups excluding tert-OH is 7. The van der Waals surface area contributed by atoms with Crippen molar-refractivity contribution in [2.45, 2.75) is 201 Å². The van der Waals surface area contributed by atoms with Gasteiger partial charge in [0.05, 0.1) is 23.8 Å². The van der Waals surface area contributed by atoms with Gasteiger partial charge in [-0.05, 0) is 178 Å². The molecule has 17 bridgehead atoms. The zero-order chi connectivity index (χ0) is 96.7. The zero-order valence-electron chi connectivity index (χ0n) is 74.1. The molecule has 15 rings (SSSR count). The lowest BCUT2D eigenvalue weighted by Gasteiger charge is -2.41. The molecule has 0 spiro atoms. The Morgan fingerprint density at radius 3 is 1.87 bits per heavy atom. The number of benzene rings is 7. The summed E-state index contributed by atoms with van der Waals surface area (Å²) in [6, 6.07) is 6.02. The predicted octanol–water partition coefficient (Wildman–Crippen LogP) is 3.61. The number of aliphatic hydroxyl groups is 7. The molecule has 0 aliphatic carbocycles. The van der Waals surface area contributed by atoms with Crippen molar-refractivity contribution >= 4 is 76.4 Å². The number of amides is 8. The van der Waals surface area contributed by atoms with Gasteiger partial charge in [-0.2, -0.15) is 0 Å². The van der Waals surface area contributed by atoms with Crippen LogP contribution in [0.2, 0.25) is 10.0 Å². The molecule has 0 aromatic heterocycles. The van der Waals surface area contributed by atoms with Gasteiger partial charge < -0.3 is 158 Å². The molecule has 2 saturated heterocycles. The van der Waals surface area contributed by atoms with Crippen LogP contribution in [-0.2, 0) is 63.8 Å². The molecule has 40 nitrogen and oxygen atoms in total. The molecule has 2 fully saturated rings. The largest absolute Gasteiger partial charge is 0.508 e. The minimum Gasteiger partial charge on any atom is -0.508 e. The molecule has 8 amide bonds. The number of phenols is 4. The molecule has 24 N–H and O–H groups in total. The van der Waals surface area contributed by atoms with Crippen molar-refractivity contribution in [2.75, 3.05) is 60.0 Å². The van der Waals surface area contributed by atoms with E-state index in [1.54, 1.807) is 0 Å². The molecule has 0 unspecified atom stereocenters. The van der Waals surface area contributed by atoms with E-state index < -0.39 is 271 Å². The van der Waals surface area contributed by atoms with E-state index in [0.29, 0.717) is 50.5 Å². The van der Waals surface area contributed by atoms with Crippen LogP contribution in [-0.4, -0.2) is 243 Å². The van der Waals surface area contributed by atoms with E-state index in [-0.39, 0.29) is 47.8 Å². The second-order valence-electron chi connectivity index (χ2n) is 34.1. The van der Waals surface area contributed by atoms with Crippen molar-refractivity contribution in [1.82, 2.24) is 58.5 Å². The third-order valence-electron chi connectivity index (χ3n) is 23.9. The number of unbranched alkanes of at least 4 members (excludes halogenated alkanes) is 5. The van der Waals surface area contributed by atoms with Gasteiger partial charge in [0.2, 0.25) is 65.6 Å². The van der Waals surface area contributed by atoms with E-state index >= 15 is 28.8 Å². The minimum atomic E-state index is -2.44. The maximum absolute atomic E-state index is 16.9. The molecular formula is C93H112Cl2N12O28. The molecule has 726 valence electrons. The molecule has 0 radical (unpaired) electrons. The summed E-state index contributed by atoms with van der Waals surface area (Å²) in [6.45, 7) is 6.02. The van der Waals surface area contributed by atoms with Crippen molar-refractivity contribution < 1.29 is 137 Å². The molecule has 8 heterocycles. The number of aromatic hydroxyl groups is 4. The van der Waals surface area contributed by atoms with Crippen LogP contribution in [0.4, 0.5) is 0 Å². The fraction of sp³-hybridized carbons (Fsp3) is 0.452. The average Bonchev–Trinajstić information content (AvgIpc) is 0.753. The monoisotopic (exact) mass is 1910 g/mol. The molecule has 42 heteroatoms. The SMILES string of the molecule is CN[C@@H]1C(=O)N[C@@H]2Cc3ccc(cc3)Oc3cc4cc(c3O[C@@H]3O[C@H](C(=O)OC)[C@@H](O)[C@H](O)[C@H]3NC(=O)CCCCCCCCC(C)C)Oc3ccc(cc3Cl)[C@@H](O)[C@@H]3NC(=O)[C@H](NC(=O)[C@@H]4NC(=O)[C@@H](NC2=O)c2cc(cc(O)c2Cl)Oc2cc1ccc2O)c1ccc(O)c(c1)-c1c(O[C@H]2O[C@H](CO)[C@@H](O)[C@H](O)[C@@H]2O)cc(O)cc1[C@H](C(=O)NCCCNCCCNCCCN)NC3=O. The number of hydrogen-bond donors (Lipinski definition) is 23. The molecule has 7 aromatic carbocycles. The summed E-state index contributed by atoms with van der Waals surface area (Å²) in [7, 11) is 2.40. The van der Waals surface area contributed by atoms with E-state index in [0.717, 1.165) is 125 Å². The second-order valence-corrected chi connectivity index (χ2v) is 34.9. The summed E-state index contributed by atoms with van der Waals surface area (Å²) in [5, 5.41) is 158. The number of ether oxygens (including phenoxy) is 8. The van der Waals surface area contributed by atoms with Crippen LogP contribution in [0, 0.1) is 5.92 Å². The smallest absolute Gasteiger partial charge is 0.337 e. The summed E-state index contributed by atoms with van der Waals surface area (Å²) >= 11 is 14.4. The van der Waals surface area contributed by atoms with Crippen LogP contribution >= 0.6 is 23.2 Å². The van der Waals surface area contributed by atoms with Gasteiger partial charge in [-0.25, -0.2) is 4.79 Å². The molecular weight excluding hydrogens is 1800 g/mol. The summed E-state index contributed by atoms with van der Waals surface area (Å²) in [5.74, 6) is -16.6. The maximum Gasteiger partial charge on any atom is 0.337 e. The third kappa shape index (κ3) is 23.9. The van der Waals surface area contributed by atoms with Gasteiger partial charge in [0.15, 0.2) is 29.1 Å². The Morgan fingerprint density at radius 2 is 1.18 bits per heavy atom. The van der Waals surface area contributed by atoms with Gasteiger partial charge in [0, 0.05) is 48.2 Å². The summed E-state index contributed by atoms with van der Waals surface area (Å²) in [6.07, 6.45) is -13.8. The van der Waals surface area contributed by atoms with Crippen LogP contribution in [0.5, 0.6) is 69.0 Å². The van der Waals surface area contributed by atoms with Crippen molar-refractivity contribution in [2.24, 2.45) is 11.7 Å². The lowest BCUT2D eigenvalue weighted by Crippen LogP contribution is -2.66. The van der Waals surface area contributed by atoms with Gasteiger partial charge in [-0.1, -0.05) is 106 Å². The number of carbonyl (C=O) groups is 9. The van der Waals surface area contributed by atoms with Gasteiger partial charge in [0.25, 0.3) is 0 Å². The lowest BCUT2D eigenvalue weighted by atomic mass is 9.89. The first-order valence-electron chi connectivity index (χ1n) is 44.5. The number of methoxy groups -OCH3 is 1. The highest BCUT2D eigenvalue weighted by Crippen LogP contribution is 2.51. The lowest BCUT2D eigenvalue weighted by molar-refractivity contribution is -0.277. The molecule has 18 atom stereocenters. The zero-order valence-corrected chi connectivity index (χ0v) is 75.6. The molecule has 8 aliphatic heterocycles.